The number of hydrogen-bond acceptors (Lipinski definition) is 5. The van der Waals surface area contributed by atoms with Crippen molar-refractivity contribution in [1.82, 2.24) is 19.4 Å². The molecular weight excluding hydrogens is 394 g/mol. The van der Waals surface area contributed by atoms with Gasteiger partial charge in [0, 0.05) is 38.6 Å². The van der Waals surface area contributed by atoms with Gasteiger partial charge in [-0.05, 0) is 42.2 Å². The number of hydrogen-bond donors (Lipinski definition) is 2. The molecule has 1 atom stereocenters. The summed E-state index contributed by atoms with van der Waals surface area (Å²) < 4.78 is 1.84. The standard InChI is InChI=1S/C23H25N5O3/c1-27(11-10-25-20-8-4-5-9-24-20)23(31)19-15-28-18(14-22(29)30)12-16-6-2-3-7-17(16)13-21(28)26-19/h2-6,8-9,13,15,18H,7,10-12,14H2,1H3,(H,24,25)(H,29,30). The predicted molar refractivity (Wildman–Crippen MR) is 118 cm³/mol. The molecule has 1 aliphatic carbocycles. The van der Waals surface area contributed by atoms with E-state index < -0.39 is 5.97 Å². The molecule has 8 nitrogen and oxygen atoms in total. The van der Waals surface area contributed by atoms with Crippen LogP contribution in [0.5, 0.6) is 0 Å². The van der Waals surface area contributed by atoms with Crippen LogP contribution in [0.15, 0.2) is 60.0 Å². The molecular formula is C23H25N5O3. The monoisotopic (exact) mass is 419 g/mol. The lowest BCUT2D eigenvalue weighted by Crippen LogP contribution is -2.31. The quantitative estimate of drug-likeness (QED) is 0.715. The van der Waals surface area contributed by atoms with Crippen LogP contribution in [0, 0.1) is 0 Å². The minimum absolute atomic E-state index is 0.0248. The van der Waals surface area contributed by atoms with E-state index >= 15 is 0 Å². The van der Waals surface area contributed by atoms with E-state index in [9.17, 15) is 14.7 Å². The van der Waals surface area contributed by atoms with E-state index in [0.29, 0.717) is 31.0 Å². The molecule has 2 aliphatic rings. The van der Waals surface area contributed by atoms with Gasteiger partial charge in [0.2, 0.25) is 0 Å². The first-order chi connectivity index (χ1) is 15.0. The van der Waals surface area contributed by atoms with Gasteiger partial charge in [0.25, 0.3) is 5.91 Å². The van der Waals surface area contributed by atoms with Gasteiger partial charge in [0.1, 0.15) is 17.3 Å². The lowest BCUT2D eigenvalue weighted by atomic mass is 9.92. The molecule has 0 spiro atoms. The Morgan fingerprint density at radius 2 is 2.19 bits per heavy atom. The molecule has 0 bridgehead atoms. The molecule has 4 rings (SSSR count). The zero-order valence-corrected chi connectivity index (χ0v) is 17.4. The van der Waals surface area contributed by atoms with Crippen molar-refractivity contribution >= 4 is 23.8 Å². The number of aromatic nitrogens is 3. The third-order valence-corrected chi connectivity index (χ3v) is 5.49. The fraction of sp³-hybridized carbons (Fsp3) is 0.304. The normalized spacial score (nSPS) is 17.0. The third kappa shape index (κ3) is 4.74. The molecule has 1 unspecified atom stereocenters. The lowest BCUT2D eigenvalue weighted by molar-refractivity contribution is -0.137. The second-order valence-corrected chi connectivity index (χ2v) is 7.71. The summed E-state index contributed by atoms with van der Waals surface area (Å²) in [5.41, 5.74) is 2.57. The number of aliphatic carboxylic acids is 1. The summed E-state index contributed by atoms with van der Waals surface area (Å²) in [6.07, 6.45) is 12.8. The number of imidazole rings is 1. The van der Waals surface area contributed by atoms with Crippen molar-refractivity contribution in [2.45, 2.75) is 25.3 Å². The zero-order valence-electron chi connectivity index (χ0n) is 17.4. The summed E-state index contributed by atoms with van der Waals surface area (Å²) in [6, 6.07) is 5.32. The maximum atomic E-state index is 12.9. The number of nitrogens with one attached hydrogen (secondary N) is 1. The minimum Gasteiger partial charge on any atom is -0.481 e. The van der Waals surface area contributed by atoms with Crippen molar-refractivity contribution in [2.24, 2.45) is 0 Å². The van der Waals surface area contributed by atoms with E-state index in [-0.39, 0.29) is 18.4 Å². The molecule has 2 aromatic rings. The van der Waals surface area contributed by atoms with Crippen molar-refractivity contribution in [1.29, 1.82) is 0 Å². The van der Waals surface area contributed by atoms with Crippen LogP contribution in [0.4, 0.5) is 5.82 Å². The van der Waals surface area contributed by atoms with Crippen molar-refractivity contribution in [3.63, 3.8) is 0 Å². The Balaban J connectivity index is 1.51. The summed E-state index contributed by atoms with van der Waals surface area (Å²) in [5, 5.41) is 12.6. The van der Waals surface area contributed by atoms with Gasteiger partial charge in [0.05, 0.1) is 6.42 Å². The number of pyridine rings is 1. The number of nitrogens with zero attached hydrogens (tertiary/aromatic N) is 4. The van der Waals surface area contributed by atoms with Crippen molar-refractivity contribution in [3.8, 4) is 0 Å². The van der Waals surface area contributed by atoms with Gasteiger partial charge < -0.3 is 19.9 Å². The van der Waals surface area contributed by atoms with Gasteiger partial charge in [0.15, 0.2) is 0 Å². The Labute approximate surface area is 180 Å². The molecule has 0 fully saturated rings. The van der Waals surface area contributed by atoms with Crippen LogP contribution in [0.2, 0.25) is 0 Å². The zero-order chi connectivity index (χ0) is 21.8. The highest BCUT2D eigenvalue weighted by molar-refractivity contribution is 5.92. The number of likely N-dealkylation sites (N-methyl/N-ethyl adjacent to an activating group) is 1. The fourth-order valence-electron chi connectivity index (χ4n) is 3.87. The molecule has 1 aliphatic heterocycles. The summed E-state index contributed by atoms with van der Waals surface area (Å²) in [7, 11) is 1.73. The number of carbonyl (C=O) groups excluding carboxylic acids is 1. The van der Waals surface area contributed by atoms with Gasteiger partial charge in [-0.25, -0.2) is 9.97 Å². The van der Waals surface area contributed by atoms with Crippen LogP contribution in [0.25, 0.3) is 6.08 Å². The molecule has 1 amide bonds. The van der Waals surface area contributed by atoms with E-state index in [0.717, 1.165) is 23.4 Å². The molecule has 3 heterocycles. The highest BCUT2D eigenvalue weighted by Gasteiger charge is 2.27. The van der Waals surface area contributed by atoms with E-state index in [1.807, 2.05) is 41.0 Å². The van der Waals surface area contributed by atoms with Gasteiger partial charge in [-0.3, -0.25) is 9.59 Å². The summed E-state index contributed by atoms with van der Waals surface area (Å²) in [4.78, 5) is 34.8. The van der Waals surface area contributed by atoms with E-state index in [1.54, 1.807) is 24.3 Å². The Morgan fingerprint density at radius 3 is 2.97 bits per heavy atom. The molecule has 2 aromatic heterocycles. The smallest absolute Gasteiger partial charge is 0.305 e. The van der Waals surface area contributed by atoms with E-state index in [4.69, 9.17) is 0 Å². The molecule has 0 saturated carbocycles. The van der Waals surface area contributed by atoms with Gasteiger partial charge in [-0.15, -0.1) is 0 Å². The SMILES string of the molecule is CN(CCNc1ccccn1)C(=O)c1cn2c(n1)C=C1CC=CC=C1CC2CC(=O)O. The number of carboxylic acids is 1. The molecule has 2 N–H and O–H groups in total. The number of rotatable bonds is 7. The summed E-state index contributed by atoms with van der Waals surface area (Å²) in [6.45, 7) is 1.04. The van der Waals surface area contributed by atoms with Crippen molar-refractivity contribution in [3.05, 3.63) is 71.5 Å². The topological polar surface area (TPSA) is 100 Å². The number of amides is 1. The van der Waals surface area contributed by atoms with Gasteiger partial charge in [-0.2, -0.15) is 0 Å². The number of anilines is 1. The van der Waals surface area contributed by atoms with Crippen LogP contribution >= 0.6 is 0 Å². The first kappa shape index (κ1) is 20.6. The summed E-state index contributed by atoms with van der Waals surface area (Å²) >= 11 is 0. The second-order valence-electron chi connectivity index (χ2n) is 7.71. The molecule has 0 saturated heterocycles. The highest BCUT2D eigenvalue weighted by atomic mass is 16.4. The second kappa shape index (κ2) is 8.99. The van der Waals surface area contributed by atoms with Crippen LogP contribution in [-0.4, -0.2) is 56.6 Å². The number of carboxylic acid groups (broad SMARTS) is 1. The Bertz CT molecular complexity index is 1070. The van der Waals surface area contributed by atoms with E-state index in [1.165, 1.54) is 0 Å². The predicted octanol–water partition coefficient (Wildman–Crippen LogP) is 3.15. The van der Waals surface area contributed by atoms with Crippen molar-refractivity contribution in [2.75, 3.05) is 25.5 Å². The average molecular weight is 419 g/mol. The molecule has 0 radical (unpaired) electrons. The van der Waals surface area contributed by atoms with Gasteiger partial charge >= 0.3 is 5.97 Å². The van der Waals surface area contributed by atoms with Crippen LogP contribution in [0.3, 0.4) is 0 Å². The molecule has 160 valence electrons. The van der Waals surface area contributed by atoms with Crippen LogP contribution < -0.4 is 5.32 Å². The highest BCUT2D eigenvalue weighted by Crippen LogP contribution is 2.35. The Kier molecular flexibility index (Phi) is 5.97. The first-order valence-corrected chi connectivity index (χ1v) is 10.3. The molecule has 0 aromatic carbocycles. The largest absolute Gasteiger partial charge is 0.481 e. The molecule has 31 heavy (non-hydrogen) atoms. The fourth-order valence-corrected chi connectivity index (χ4v) is 3.87. The summed E-state index contributed by atoms with van der Waals surface area (Å²) in [5.74, 6) is 0.315. The lowest BCUT2D eigenvalue weighted by Gasteiger charge is -2.19. The molecule has 8 heteroatoms. The third-order valence-electron chi connectivity index (χ3n) is 5.49. The van der Waals surface area contributed by atoms with Crippen LogP contribution in [-0.2, 0) is 4.79 Å². The maximum absolute atomic E-state index is 12.9. The Morgan fingerprint density at radius 1 is 1.32 bits per heavy atom. The van der Waals surface area contributed by atoms with Crippen LogP contribution in [0.1, 0.15) is 41.6 Å². The number of carbonyl (C=O) groups is 2. The average Bonchev–Trinajstić information content (AvgIpc) is 3.12. The maximum Gasteiger partial charge on any atom is 0.305 e. The number of fused-ring (bicyclic) bond motifs is 2. The Hall–Kier alpha value is -3.68. The van der Waals surface area contributed by atoms with E-state index in [2.05, 4.69) is 21.4 Å². The van der Waals surface area contributed by atoms with Crippen molar-refractivity contribution < 1.29 is 14.7 Å². The van der Waals surface area contributed by atoms with Gasteiger partial charge in [-0.1, -0.05) is 24.3 Å². The minimum atomic E-state index is -0.870. The first-order valence-electron chi connectivity index (χ1n) is 10.3. The number of allylic oxidation sites excluding steroid dienone is 5.